The minimum Gasteiger partial charge on any atom is -0.0654 e. The van der Waals surface area contributed by atoms with Crippen LogP contribution in [0.3, 0.4) is 0 Å². The van der Waals surface area contributed by atoms with E-state index >= 15 is 0 Å². The van der Waals surface area contributed by atoms with Crippen molar-refractivity contribution in [3.8, 4) is 0 Å². The molecule has 0 spiro atoms. The van der Waals surface area contributed by atoms with Crippen LogP contribution in [0.5, 0.6) is 0 Å². The van der Waals surface area contributed by atoms with E-state index in [2.05, 4.69) is 13.8 Å². The van der Waals surface area contributed by atoms with E-state index in [1.807, 2.05) is 0 Å². The van der Waals surface area contributed by atoms with E-state index in [1.54, 1.807) is 0 Å². The Kier molecular flexibility index (Phi) is 9.55. The third-order valence-corrected chi connectivity index (χ3v) is 2.72. The highest BCUT2D eigenvalue weighted by atomic mass is 14.1. The quantitative estimate of drug-likeness (QED) is 0.462. The molecule has 14 heavy (non-hydrogen) atoms. The Hall–Kier alpha value is 0. The van der Waals surface area contributed by atoms with E-state index in [4.69, 9.17) is 13.8 Å². The molecule has 0 N–H and O–H groups in total. The summed E-state index contributed by atoms with van der Waals surface area (Å²) >= 11 is 0. The molecule has 0 saturated carbocycles. The second kappa shape index (κ2) is 9.55. The van der Waals surface area contributed by atoms with Crippen molar-refractivity contribution in [2.24, 2.45) is 11.8 Å². The van der Waals surface area contributed by atoms with Crippen LogP contribution in [0.4, 0.5) is 0 Å². The molecule has 0 saturated heterocycles. The largest absolute Gasteiger partial charge is 0.0654 e. The van der Waals surface area contributed by atoms with Crippen LogP contribution in [0.25, 0.3) is 0 Å². The lowest BCUT2D eigenvalue weighted by atomic mass is 9.95. The standard InChI is InChI=1S/C14H26/c1-5-9-13(3)11-7-8-12-14(4)10-6-2/h3-4,13-14H,5-12H2,1-2H3. The third-order valence-electron chi connectivity index (χ3n) is 2.72. The first-order chi connectivity index (χ1) is 6.70. The first-order valence-electron chi connectivity index (χ1n) is 6.21. The van der Waals surface area contributed by atoms with E-state index in [0.717, 1.165) is 0 Å². The average molecular weight is 194 g/mol. The van der Waals surface area contributed by atoms with E-state index in [-0.39, 0.29) is 0 Å². The molecule has 82 valence electrons. The van der Waals surface area contributed by atoms with Gasteiger partial charge in [0.2, 0.25) is 0 Å². The predicted octanol–water partition coefficient (Wildman–Crippen LogP) is 4.80. The molecular formula is C14H26. The van der Waals surface area contributed by atoms with Crippen LogP contribution in [0.2, 0.25) is 0 Å². The first kappa shape index (κ1) is 14.0. The van der Waals surface area contributed by atoms with Gasteiger partial charge in [0.25, 0.3) is 0 Å². The second-order valence-corrected chi connectivity index (χ2v) is 4.38. The van der Waals surface area contributed by atoms with Crippen LogP contribution in [-0.2, 0) is 0 Å². The van der Waals surface area contributed by atoms with Crippen molar-refractivity contribution in [3.63, 3.8) is 0 Å². The Labute approximate surface area is 91.5 Å². The van der Waals surface area contributed by atoms with Gasteiger partial charge in [-0.2, -0.15) is 0 Å². The van der Waals surface area contributed by atoms with Gasteiger partial charge in [0.15, 0.2) is 0 Å². The monoisotopic (exact) mass is 194 g/mol. The topological polar surface area (TPSA) is 0 Å². The van der Waals surface area contributed by atoms with Gasteiger partial charge in [0.1, 0.15) is 0 Å². The van der Waals surface area contributed by atoms with Gasteiger partial charge in [-0.1, -0.05) is 65.2 Å². The molecule has 0 aliphatic rings. The third kappa shape index (κ3) is 8.59. The summed E-state index contributed by atoms with van der Waals surface area (Å²) in [4.78, 5) is 0. The van der Waals surface area contributed by atoms with E-state index < -0.39 is 0 Å². The fourth-order valence-corrected chi connectivity index (χ4v) is 1.84. The maximum absolute atomic E-state index is 5.93. The summed E-state index contributed by atoms with van der Waals surface area (Å²) in [6.45, 7) is 16.2. The molecule has 0 aromatic carbocycles. The smallest absolute Gasteiger partial charge is 0.0318 e. The Morgan fingerprint density at radius 2 is 1.07 bits per heavy atom. The molecule has 4 radical (unpaired) electrons. The molecule has 0 aliphatic carbocycles. The summed E-state index contributed by atoms with van der Waals surface area (Å²) in [5, 5.41) is 0. The molecule has 2 unspecified atom stereocenters. The van der Waals surface area contributed by atoms with Crippen LogP contribution >= 0.6 is 0 Å². The number of hydrogen-bond donors (Lipinski definition) is 0. The molecule has 0 fully saturated rings. The summed E-state index contributed by atoms with van der Waals surface area (Å²) < 4.78 is 0. The fourth-order valence-electron chi connectivity index (χ4n) is 1.84. The zero-order valence-electron chi connectivity index (χ0n) is 9.97. The maximum atomic E-state index is 5.93. The molecule has 0 aromatic heterocycles. The average Bonchev–Trinajstić information content (AvgIpc) is 2.13. The second-order valence-electron chi connectivity index (χ2n) is 4.38. The number of rotatable bonds is 9. The summed E-state index contributed by atoms with van der Waals surface area (Å²) in [6.07, 6.45) is 9.59. The van der Waals surface area contributed by atoms with Gasteiger partial charge in [0, 0.05) is 0 Å². The molecule has 0 amide bonds. The van der Waals surface area contributed by atoms with Gasteiger partial charge in [-0.3, -0.25) is 0 Å². The summed E-state index contributed by atoms with van der Waals surface area (Å²) in [5.41, 5.74) is 0. The molecule has 0 nitrogen and oxygen atoms in total. The van der Waals surface area contributed by atoms with Crippen molar-refractivity contribution in [1.82, 2.24) is 0 Å². The van der Waals surface area contributed by atoms with Crippen molar-refractivity contribution in [3.05, 3.63) is 13.8 Å². The van der Waals surface area contributed by atoms with Crippen molar-refractivity contribution < 1.29 is 0 Å². The molecule has 0 bridgehead atoms. The van der Waals surface area contributed by atoms with Crippen LogP contribution < -0.4 is 0 Å². The highest BCUT2D eigenvalue weighted by molar-refractivity contribution is 4.64. The molecular weight excluding hydrogens is 168 g/mol. The van der Waals surface area contributed by atoms with E-state index in [0.29, 0.717) is 11.8 Å². The van der Waals surface area contributed by atoms with Crippen molar-refractivity contribution in [1.29, 1.82) is 0 Å². The highest BCUT2D eigenvalue weighted by Gasteiger charge is 2.03. The SMILES string of the molecule is [CH]C(CCC)CCCCC([CH])CCC. The minimum absolute atomic E-state index is 0.419. The Bertz CT molecular complexity index is 92.6. The van der Waals surface area contributed by atoms with Gasteiger partial charge in [0.05, 0.1) is 0 Å². The van der Waals surface area contributed by atoms with Crippen LogP contribution in [-0.4, -0.2) is 0 Å². The Morgan fingerprint density at radius 1 is 0.714 bits per heavy atom. The Balaban J connectivity index is 3.19. The number of hydrogen-bond acceptors (Lipinski definition) is 0. The van der Waals surface area contributed by atoms with E-state index in [1.165, 1.54) is 51.4 Å². The lowest BCUT2D eigenvalue weighted by molar-refractivity contribution is 0.454. The zero-order chi connectivity index (χ0) is 10.8. The van der Waals surface area contributed by atoms with Gasteiger partial charge in [-0.15, -0.1) is 0 Å². The fraction of sp³-hybridized carbons (Fsp3) is 0.857. The minimum atomic E-state index is 0.419. The number of unbranched alkanes of at least 4 members (excludes halogenated alkanes) is 1. The van der Waals surface area contributed by atoms with Crippen molar-refractivity contribution >= 4 is 0 Å². The predicted molar refractivity (Wildman–Crippen MR) is 63.9 cm³/mol. The maximum Gasteiger partial charge on any atom is -0.0318 e. The van der Waals surface area contributed by atoms with Crippen molar-refractivity contribution in [2.75, 3.05) is 0 Å². The molecule has 2 atom stereocenters. The molecule has 0 aliphatic heterocycles. The van der Waals surface area contributed by atoms with E-state index in [9.17, 15) is 0 Å². The van der Waals surface area contributed by atoms with Crippen molar-refractivity contribution in [2.45, 2.75) is 65.2 Å². The molecule has 0 heteroatoms. The van der Waals surface area contributed by atoms with Crippen LogP contribution in [0.15, 0.2) is 0 Å². The summed E-state index contributed by atoms with van der Waals surface area (Å²) in [7, 11) is 0. The molecule has 0 rings (SSSR count). The summed E-state index contributed by atoms with van der Waals surface area (Å²) in [5.74, 6) is 0.838. The van der Waals surface area contributed by atoms with Crippen LogP contribution in [0, 0.1) is 25.7 Å². The van der Waals surface area contributed by atoms with Gasteiger partial charge >= 0.3 is 0 Å². The van der Waals surface area contributed by atoms with Gasteiger partial charge in [-0.05, 0) is 25.7 Å². The Morgan fingerprint density at radius 3 is 1.36 bits per heavy atom. The lowest BCUT2D eigenvalue weighted by Gasteiger charge is -2.11. The molecule has 0 heterocycles. The highest BCUT2D eigenvalue weighted by Crippen LogP contribution is 2.18. The summed E-state index contributed by atoms with van der Waals surface area (Å²) in [6, 6.07) is 0. The zero-order valence-corrected chi connectivity index (χ0v) is 9.97. The van der Waals surface area contributed by atoms with Gasteiger partial charge < -0.3 is 0 Å². The molecule has 0 aromatic rings. The normalized spacial score (nSPS) is 15.4. The lowest BCUT2D eigenvalue weighted by Crippen LogP contribution is -1.97. The van der Waals surface area contributed by atoms with Crippen LogP contribution in [0.1, 0.15) is 65.2 Å². The van der Waals surface area contributed by atoms with Gasteiger partial charge in [-0.25, -0.2) is 0 Å². The first-order valence-corrected chi connectivity index (χ1v) is 6.21.